The van der Waals surface area contributed by atoms with E-state index in [1.165, 1.54) is 12.1 Å². The lowest BCUT2D eigenvalue weighted by molar-refractivity contribution is -0.130. The van der Waals surface area contributed by atoms with Gasteiger partial charge in [0.15, 0.2) is 11.6 Å². The monoisotopic (exact) mass is 292 g/mol. The fourth-order valence-electron chi connectivity index (χ4n) is 3.11. The van der Waals surface area contributed by atoms with Crippen molar-refractivity contribution in [3.8, 4) is 5.75 Å². The van der Waals surface area contributed by atoms with Gasteiger partial charge in [-0.25, -0.2) is 4.39 Å². The zero-order valence-electron chi connectivity index (χ0n) is 11.5. The molecular weight excluding hydrogens is 275 g/mol. The molecule has 2 N–H and O–H groups in total. The van der Waals surface area contributed by atoms with E-state index in [0.29, 0.717) is 37.5 Å². The second kappa shape index (κ2) is 5.35. The summed E-state index contributed by atoms with van der Waals surface area (Å²) in [5.74, 6) is -0.594. The van der Waals surface area contributed by atoms with Gasteiger partial charge < -0.3 is 15.3 Å². The molecule has 0 radical (unpaired) electrons. The number of nitrogens with zero attached hydrogens (tertiary/aromatic N) is 1. The minimum atomic E-state index is -0.717. The summed E-state index contributed by atoms with van der Waals surface area (Å²) in [6.45, 7) is 1.86. The van der Waals surface area contributed by atoms with Gasteiger partial charge in [-0.1, -0.05) is 6.07 Å². The van der Waals surface area contributed by atoms with E-state index < -0.39 is 11.6 Å². The van der Waals surface area contributed by atoms with Crippen molar-refractivity contribution in [3.05, 3.63) is 29.6 Å². The molecule has 2 heterocycles. The largest absolute Gasteiger partial charge is 0.505 e. The van der Waals surface area contributed by atoms with Crippen LogP contribution in [0.2, 0.25) is 0 Å². The summed E-state index contributed by atoms with van der Waals surface area (Å²) in [7, 11) is 0. The van der Waals surface area contributed by atoms with Crippen LogP contribution in [0.1, 0.15) is 12.0 Å². The molecule has 21 heavy (non-hydrogen) atoms. The Kier molecular flexibility index (Phi) is 3.53. The first-order valence-electron chi connectivity index (χ1n) is 7.05. The lowest BCUT2D eigenvalue weighted by Gasteiger charge is -2.23. The van der Waals surface area contributed by atoms with Crippen LogP contribution in [0, 0.1) is 17.7 Å². The maximum absolute atomic E-state index is 13.3. The second-order valence-corrected chi connectivity index (χ2v) is 5.79. The molecule has 0 bridgehead atoms. The Bertz CT molecular complexity index is 590. The highest BCUT2D eigenvalue weighted by Crippen LogP contribution is 2.29. The highest BCUT2D eigenvalue weighted by Gasteiger charge is 2.38. The Morgan fingerprint density at radius 3 is 2.90 bits per heavy atom. The van der Waals surface area contributed by atoms with Gasteiger partial charge in [-0.15, -0.1) is 0 Å². The van der Waals surface area contributed by atoms with Crippen molar-refractivity contribution in [2.24, 2.45) is 11.8 Å². The number of amides is 2. The molecule has 0 aromatic heterocycles. The van der Waals surface area contributed by atoms with Crippen LogP contribution >= 0.6 is 0 Å². The van der Waals surface area contributed by atoms with Crippen molar-refractivity contribution < 1.29 is 19.1 Å². The number of phenols is 1. The molecule has 2 aliphatic rings. The minimum Gasteiger partial charge on any atom is -0.505 e. The number of carbonyl (C=O) groups is 2. The van der Waals surface area contributed by atoms with E-state index in [1.54, 1.807) is 11.0 Å². The molecule has 2 aliphatic heterocycles. The fraction of sp³-hybridized carbons (Fsp3) is 0.467. The van der Waals surface area contributed by atoms with E-state index in [1.807, 2.05) is 0 Å². The Morgan fingerprint density at radius 1 is 1.38 bits per heavy atom. The normalized spacial score (nSPS) is 24.6. The predicted molar refractivity (Wildman–Crippen MR) is 73.0 cm³/mol. The number of piperidine rings is 1. The van der Waals surface area contributed by atoms with Crippen molar-refractivity contribution in [1.82, 2.24) is 10.2 Å². The van der Waals surface area contributed by atoms with E-state index in [9.17, 15) is 14.0 Å². The smallest absolute Gasteiger partial charge is 0.227 e. The topological polar surface area (TPSA) is 69.6 Å². The van der Waals surface area contributed by atoms with Crippen molar-refractivity contribution in [1.29, 1.82) is 0 Å². The fourth-order valence-corrected chi connectivity index (χ4v) is 3.11. The Balaban J connectivity index is 1.63. The molecule has 2 fully saturated rings. The summed E-state index contributed by atoms with van der Waals surface area (Å²) in [5.41, 5.74) is 0.541. The number of carbonyl (C=O) groups excluding carboxylic acids is 2. The van der Waals surface area contributed by atoms with Crippen LogP contribution in [-0.2, 0) is 16.0 Å². The molecule has 0 unspecified atom stereocenters. The molecule has 2 amide bonds. The minimum absolute atomic E-state index is 0.0474. The number of hydrogen-bond acceptors (Lipinski definition) is 3. The van der Waals surface area contributed by atoms with Gasteiger partial charge in [0.05, 0.1) is 6.42 Å². The Labute approximate surface area is 121 Å². The number of rotatable bonds is 2. The van der Waals surface area contributed by atoms with Crippen LogP contribution < -0.4 is 5.32 Å². The highest BCUT2D eigenvalue weighted by atomic mass is 19.1. The van der Waals surface area contributed by atoms with E-state index >= 15 is 0 Å². The highest BCUT2D eigenvalue weighted by molar-refractivity contribution is 5.80. The summed E-state index contributed by atoms with van der Waals surface area (Å²) in [6, 6.07) is 3.98. The van der Waals surface area contributed by atoms with Gasteiger partial charge in [0.1, 0.15) is 0 Å². The van der Waals surface area contributed by atoms with Gasteiger partial charge >= 0.3 is 0 Å². The summed E-state index contributed by atoms with van der Waals surface area (Å²) in [5, 5.41) is 12.0. The third-order valence-corrected chi connectivity index (χ3v) is 4.31. The van der Waals surface area contributed by atoms with Gasteiger partial charge in [-0.3, -0.25) is 9.59 Å². The molecule has 0 aliphatic carbocycles. The third kappa shape index (κ3) is 2.84. The lowest BCUT2D eigenvalue weighted by atomic mass is 9.89. The zero-order chi connectivity index (χ0) is 15.0. The molecule has 112 valence electrons. The van der Waals surface area contributed by atoms with Crippen molar-refractivity contribution in [2.75, 3.05) is 19.6 Å². The van der Waals surface area contributed by atoms with Crippen LogP contribution in [0.15, 0.2) is 18.2 Å². The van der Waals surface area contributed by atoms with E-state index in [-0.39, 0.29) is 24.2 Å². The first-order valence-corrected chi connectivity index (χ1v) is 7.05. The van der Waals surface area contributed by atoms with Crippen LogP contribution in [0.5, 0.6) is 5.75 Å². The van der Waals surface area contributed by atoms with Gasteiger partial charge in [0.2, 0.25) is 11.8 Å². The summed E-state index contributed by atoms with van der Waals surface area (Å²) < 4.78 is 13.3. The van der Waals surface area contributed by atoms with E-state index in [2.05, 4.69) is 5.32 Å². The molecule has 3 rings (SSSR count). The van der Waals surface area contributed by atoms with E-state index in [4.69, 9.17) is 5.11 Å². The average molecular weight is 292 g/mol. The summed E-state index contributed by atoms with van der Waals surface area (Å²) >= 11 is 0. The van der Waals surface area contributed by atoms with Gasteiger partial charge in [0, 0.05) is 26.1 Å². The number of aromatic hydroxyl groups is 1. The third-order valence-electron chi connectivity index (χ3n) is 4.31. The van der Waals surface area contributed by atoms with Gasteiger partial charge in [0.25, 0.3) is 0 Å². The molecule has 2 atom stereocenters. The maximum atomic E-state index is 13.3. The molecule has 0 spiro atoms. The molecule has 1 aromatic rings. The van der Waals surface area contributed by atoms with Crippen molar-refractivity contribution in [2.45, 2.75) is 12.8 Å². The second-order valence-electron chi connectivity index (χ2n) is 5.79. The number of nitrogens with one attached hydrogen (secondary N) is 1. The lowest BCUT2D eigenvalue weighted by Crippen LogP contribution is -2.40. The first-order chi connectivity index (χ1) is 10.0. The maximum Gasteiger partial charge on any atom is 0.227 e. The molecule has 5 nitrogen and oxygen atoms in total. The quantitative estimate of drug-likeness (QED) is 0.841. The van der Waals surface area contributed by atoms with Crippen molar-refractivity contribution in [3.63, 3.8) is 0 Å². The molecular formula is C15H17FN2O3. The molecule has 6 heteroatoms. The van der Waals surface area contributed by atoms with Gasteiger partial charge in [-0.2, -0.15) is 0 Å². The molecule has 1 aromatic carbocycles. The number of phenolic OH excluding ortho intramolecular Hbond substituents is 1. The number of likely N-dealkylation sites (tertiary alicyclic amines) is 1. The Morgan fingerprint density at radius 2 is 2.14 bits per heavy atom. The molecule has 2 saturated heterocycles. The molecule has 0 saturated carbocycles. The Hall–Kier alpha value is -2.11. The standard InChI is InChI=1S/C15H17FN2O3/c16-12-3-9(1-2-13(12)19)4-15(21)18-7-10-5-14(20)17-6-11(10)8-18/h1-3,10-11,19H,4-8H2,(H,17,20)/t10-,11+/m1/s1. The number of hydrogen-bond donors (Lipinski definition) is 2. The summed E-state index contributed by atoms with van der Waals surface area (Å²) in [4.78, 5) is 25.4. The number of fused-ring (bicyclic) bond motifs is 1. The van der Waals surface area contributed by atoms with Crippen LogP contribution in [0.25, 0.3) is 0 Å². The van der Waals surface area contributed by atoms with E-state index in [0.717, 1.165) is 0 Å². The van der Waals surface area contributed by atoms with Crippen LogP contribution in [0.3, 0.4) is 0 Å². The van der Waals surface area contributed by atoms with Gasteiger partial charge in [-0.05, 0) is 29.5 Å². The first kappa shape index (κ1) is 13.9. The zero-order valence-corrected chi connectivity index (χ0v) is 11.5. The predicted octanol–water partition coefficient (Wildman–Crippen LogP) is 0.668. The van der Waals surface area contributed by atoms with Crippen LogP contribution in [-0.4, -0.2) is 41.5 Å². The average Bonchev–Trinajstić information content (AvgIpc) is 2.86. The SMILES string of the molecule is O=C1C[C@@H]2CN(C(=O)Cc3ccc(O)c(F)c3)C[C@@H]2CN1. The number of halogens is 1. The number of benzene rings is 1. The summed E-state index contributed by atoms with van der Waals surface area (Å²) in [6.07, 6.45) is 0.584. The van der Waals surface area contributed by atoms with Crippen LogP contribution in [0.4, 0.5) is 4.39 Å². The van der Waals surface area contributed by atoms with Crippen molar-refractivity contribution >= 4 is 11.8 Å².